The highest BCUT2D eigenvalue weighted by Crippen LogP contribution is 2.41. The number of rotatable bonds is 8. The van der Waals surface area contributed by atoms with Gasteiger partial charge in [0.2, 0.25) is 0 Å². The zero-order valence-electron chi connectivity index (χ0n) is 19.9. The maximum atomic E-state index is 14.1. The molecule has 1 heterocycles. The number of benzene rings is 4. The first-order valence-electron chi connectivity index (χ1n) is 11.4. The molecule has 4 aromatic carbocycles. The third kappa shape index (κ3) is 4.47. The Kier molecular flexibility index (Phi) is 6.76. The van der Waals surface area contributed by atoms with E-state index in [1.807, 2.05) is 78.9 Å². The summed E-state index contributed by atoms with van der Waals surface area (Å²) in [6.07, 6.45) is 0.385. The van der Waals surface area contributed by atoms with Crippen LogP contribution >= 0.6 is 11.8 Å². The SMILES string of the molecule is COc1ccc(Cc2c(Sc3ccccc3)c3ccccc3n2S(=O)(=O)c2ccccc2)cc1OC. The van der Waals surface area contributed by atoms with E-state index in [0.29, 0.717) is 29.1 Å². The molecule has 0 spiro atoms. The maximum Gasteiger partial charge on any atom is 0.268 e. The van der Waals surface area contributed by atoms with Crippen LogP contribution in [0.3, 0.4) is 0 Å². The van der Waals surface area contributed by atoms with Gasteiger partial charge < -0.3 is 9.47 Å². The van der Waals surface area contributed by atoms with Crippen molar-refractivity contribution in [1.29, 1.82) is 0 Å². The number of hydrogen-bond acceptors (Lipinski definition) is 5. The first kappa shape index (κ1) is 24.0. The number of aromatic nitrogens is 1. The molecule has 0 atom stereocenters. The molecule has 0 amide bonds. The van der Waals surface area contributed by atoms with Gasteiger partial charge in [-0.2, -0.15) is 0 Å². The standard InChI is InChI=1S/C29H25NO4S2/c1-33-27-18-17-21(20-28(27)34-2)19-26-29(35-22-11-5-3-6-12-22)24-15-9-10-16-25(24)30(26)36(31,32)23-13-7-4-8-14-23/h3-18,20H,19H2,1-2H3. The van der Waals surface area contributed by atoms with Gasteiger partial charge in [0.1, 0.15) is 0 Å². The molecule has 0 unspecified atom stereocenters. The lowest BCUT2D eigenvalue weighted by Crippen LogP contribution is -2.16. The van der Waals surface area contributed by atoms with E-state index < -0.39 is 10.0 Å². The van der Waals surface area contributed by atoms with E-state index in [1.165, 1.54) is 3.97 Å². The van der Waals surface area contributed by atoms with Gasteiger partial charge in [-0.3, -0.25) is 0 Å². The Morgan fingerprint density at radius 1 is 0.750 bits per heavy atom. The average Bonchev–Trinajstić information content (AvgIpc) is 3.23. The van der Waals surface area contributed by atoms with E-state index in [0.717, 1.165) is 20.7 Å². The quantitative estimate of drug-likeness (QED) is 0.232. The minimum atomic E-state index is -3.87. The number of fused-ring (bicyclic) bond motifs is 1. The zero-order valence-corrected chi connectivity index (χ0v) is 21.6. The van der Waals surface area contributed by atoms with E-state index in [9.17, 15) is 8.42 Å². The van der Waals surface area contributed by atoms with Crippen LogP contribution in [0.25, 0.3) is 10.9 Å². The number of methoxy groups -OCH3 is 2. The van der Waals surface area contributed by atoms with E-state index in [-0.39, 0.29) is 4.90 Å². The lowest BCUT2D eigenvalue weighted by molar-refractivity contribution is 0.354. The molecule has 0 saturated heterocycles. The third-order valence-corrected chi connectivity index (χ3v) is 8.87. The Labute approximate surface area is 215 Å². The van der Waals surface area contributed by atoms with Gasteiger partial charge in [0.15, 0.2) is 11.5 Å². The molecular formula is C29H25NO4S2. The molecule has 0 radical (unpaired) electrons. The molecule has 1 aromatic heterocycles. The van der Waals surface area contributed by atoms with Crippen LogP contribution in [-0.2, 0) is 16.4 Å². The molecule has 5 nitrogen and oxygen atoms in total. The van der Waals surface area contributed by atoms with Crippen LogP contribution in [0.15, 0.2) is 118 Å². The topological polar surface area (TPSA) is 57.5 Å². The molecule has 0 bridgehead atoms. The van der Waals surface area contributed by atoms with Crippen molar-refractivity contribution in [3.63, 3.8) is 0 Å². The summed E-state index contributed by atoms with van der Waals surface area (Å²) < 4.78 is 40.5. The van der Waals surface area contributed by atoms with Crippen LogP contribution in [0.5, 0.6) is 11.5 Å². The van der Waals surface area contributed by atoms with Crippen LogP contribution in [-0.4, -0.2) is 26.6 Å². The van der Waals surface area contributed by atoms with Crippen LogP contribution in [0.2, 0.25) is 0 Å². The number of para-hydroxylation sites is 1. The van der Waals surface area contributed by atoms with Gasteiger partial charge in [-0.05, 0) is 48.0 Å². The fraction of sp³-hybridized carbons (Fsp3) is 0.103. The Morgan fingerprint density at radius 3 is 2.08 bits per heavy atom. The first-order valence-corrected chi connectivity index (χ1v) is 13.7. The summed E-state index contributed by atoms with van der Waals surface area (Å²) in [7, 11) is -0.683. The van der Waals surface area contributed by atoms with Gasteiger partial charge in [-0.15, -0.1) is 0 Å². The van der Waals surface area contributed by atoms with Crippen LogP contribution in [0.1, 0.15) is 11.3 Å². The largest absolute Gasteiger partial charge is 0.493 e. The van der Waals surface area contributed by atoms with Crippen molar-refractivity contribution in [3.05, 3.63) is 114 Å². The molecular weight excluding hydrogens is 490 g/mol. The molecule has 0 fully saturated rings. The van der Waals surface area contributed by atoms with E-state index >= 15 is 0 Å². The Morgan fingerprint density at radius 2 is 1.39 bits per heavy atom. The van der Waals surface area contributed by atoms with Crippen LogP contribution < -0.4 is 9.47 Å². The first-order chi connectivity index (χ1) is 17.5. The molecule has 0 N–H and O–H groups in total. The Bertz CT molecular complexity index is 1610. The van der Waals surface area contributed by atoms with Crippen molar-refractivity contribution in [2.24, 2.45) is 0 Å². The fourth-order valence-corrected chi connectivity index (χ4v) is 6.99. The van der Waals surface area contributed by atoms with Gasteiger partial charge in [0.25, 0.3) is 10.0 Å². The monoisotopic (exact) mass is 515 g/mol. The Hall–Kier alpha value is -3.68. The summed E-state index contributed by atoms with van der Waals surface area (Å²) in [5.41, 5.74) is 2.26. The van der Waals surface area contributed by atoms with Crippen molar-refractivity contribution in [2.75, 3.05) is 14.2 Å². The molecule has 0 aliphatic heterocycles. The smallest absolute Gasteiger partial charge is 0.268 e. The van der Waals surface area contributed by atoms with Crippen LogP contribution in [0, 0.1) is 0 Å². The number of nitrogens with zero attached hydrogens (tertiary/aromatic N) is 1. The van der Waals surface area contributed by atoms with Crippen molar-refractivity contribution < 1.29 is 17.9 Å². The highest BCUT2D eigenvalue weighted by Gasteiger charge is 2.27. The lowest BCUT2D eigenvalue weighted by atomic mass is 10.1. The molecule has 0 saturated carbocycles. The predicted octanol–water partition coefficient (Wildman–Crippen LogP) is 6.64. The van der Waals surface area contributed by atoms with Crippen molar-refractivity contribution in [1.82, 2.24) is 3.97 Å². The van der Waals surface area contributed by atoms with E-state index in [2.05, 4.69) is 0 Å². The highest BCUT2D eigenvalue weighted by molar-refractivity contribution is 7.99. The summed E-state index contributed by atoms with van der Waals surface area (Å²) in [5, 5.41) is 0.890. The second kappa shape index (κ2) is 10.1. The summed E-state index contributed by atoms with van der Waals surface area (Å²) in [4.78, 5) is 2.19. The minimum absolute atomic E-state index is 0.246. The van der Waals surface area contributed by atoms with Gasteiger partial charge in [-0.1, -0.05) is 72.4 Å². The molecule has 7 heteroatoms. The number of hydrogen-bond donors (Lipinski definition) is 0. The van der Waals surface area contributed by atoms with E-state index in [4.69, 9.17) is 9.47 Å². The van der Waals surface area contributed by atoms with Gasteiger partial charge >= 0.3 is 0 Å². The van der Waals surface area contributed by atoms with Crippen molar-refractivity contribution in [2.45, 2.75) is 21.1 Å². The summed E-state index contributed by atoms with van der Waals surface area (Å²) >= 11 is 1.57. The van der Waals surface area contributed by atoms with Gasteiger partial charge in [0.05, 0.1) is 30.3 Å². The fourth-order valence-electron chi connectivity index (χ4n) is 4.26. The number of ether oxygens (including phenoxy) is 2. The lowest BCUT2D eigenvalue weighted by Gasteiger charge is -2.15. The molecule has 5 aromatic rings. The Balaban J connectivity index is 1.77. The second-order valence-corrected chi connectivity index (χ2v) is 11.0. The molecule has 5 rings (SSSR count). The second-order valence-electron chi connectivity index (χ2n) is 8.16. The normalized spacial score (nSPS) is 11.5. The van der Waals surface area contributed by atoms with E-state index in [1.54, 1.807) is 50.2 Å². The summed E-state index contributed by atoms with van der Waals surface area (Å²) in [6.45, 7) is 0. The molecule has 182 valence electrons. The summed E-state index contributed by atoms with van der Waals surface area (Å²) in [5.74, 6) is 1.22. The highest BCUT2D eigenvalue weighted by atomic mass is 32.2. The molecule has 0 aliphatic carbocycles. The average molecular weight is 516 g/mol. The van der Waals surface area contributed by atoms with Crippen LogP contribution in [0.4, 0.5) is 0 Å². The third-order valence-electron chi connectivity index (χ3n) is 5.94. The van der Waals surface area contributed by atoms with Gasteiger partial charge in [-0.25, -0.2) is 12.4 Å². The minimum Gasteiger partial charge on any atom is -0.493 e. The molecule has 0 aliphatic rings. The maximum absolute atomic E-state index is 14.1. The predicted molar refractivity (Wildman–Crippen MR) is 144 cm³/mol. The zero-order chi connectivity index (χ0) is 25.1. The molecule has 36 heavy (non-hydrogen) atoms. The summed E-state index contributed by atoms with van der Waals surface area (Å²) in [6, 6.07) is 31.9. The van der Waals surface area contributed by atoms with Crippen molar-refractivity contribution >= 4 is 32.7 Å². The van der Waals surface area contributed by atoms with Gasteiger partial charge in [0, 0.05) is 21.6 Å². The van der Waals surface area contributed by atoms with Crippen molar-refractivity contribution in [3.8, 4) is 11.5 Å².